The zero-order valence-electron chi connectivity index (χ0n) is 9.86. The zero-order chi connectivity index (χ0) is 12.2. The maximum Gasteiger partial charge on any atom is 0.252 e. The van der Waals surface area contributed by atoms with Gasteiger partial charge in [-0.3, -0.25) is 4.79 Å². The summed E-state index contributed by atoms with van der Waals surface area (Å²) in [4.78, 5) is 11.8. The number of hydrogen-bond donors (Lipinski definition) is 2. The summed E-state index contributed by atoms with van der Waals surface area (Å²) in [5.41, 5.74) is 5.54. The minimum Gasteiger partial charge on any atom is -0.353 e. The molecule has 3 N–H and O–H groups in total. The van der Waals surface area contributed by atoms with Crippen LogP contribution in [-0.4, -0.2) is 37.0 Å². The van der Waals surface area contributed by atoms with Gasteiger partial charge in [0, 0.05) is 13.1 Å². The second-order valence-corrected chi connectivity index (χ2v) is 4.20. The van der Waals surface area contributed by atoms with Crippen molar-refractivity contribution in [1.29, 1.82) is 0 Å². The standard InChI is InChI=1S/C11H20N2O3/c1-4-5-6-13-10(14)9-8(7-12)15-11(2,3)16-9/h4,8-9H,1,5-7,12H2,2-3H3,(H,13,14). The molecule has 1 amide bonds. The lowest BCUT2D eigenvalue weighted by atomic mass is 10.2. The first-order chi connectivity index (χ1) is 7.50. The molecule has 0 spiro atoms. The number of nitrogens with one attached hydrogen (secondary N) is 1. The molecule has 5 heteroatoms. The van der Waals surface area contributed by atoms with E-state index >= 15 is 0 Å². The molecule has 1 saturated heterocycles. The van der Waals surface area contributed by atoms with Crippen LogP contribution < -0.4 is 11.1 Å². The first kappa shape index (κ1) is 13.2. The maximum absolute atomic E-state index is 11.8. The molecule has 1 fully saturated rings. The third kappa shape index (κ3) is 3.30. The highest BCUT2D eigenvalue weighted by Gasteiger charge is 2.44. The SMILES string of the molecule is C=CCCNC(=O)C1OC(C)(C)OC1CN. The van der Waals surface area contributed by atoms with Crippen molar-refractivity contribution >= 4 is 5.91 Å². The molecule has 1 aliphatic heterocycles. The van der Waals surface area contributed by atoms with Gasteiger partial charge in [-0.15, -0.1) is 6.58 Å². The van der Waals surface area contributed by atoms with Crippen molar-refractivity contribution in [3.8, 4) is 0 Å². The van der Waals surface area contributed by atoms with E-state index in [9.17, 15) is 4.79 Å². The number of ether oxygens (including phenoxy) is 2. The van der Waals surface area contributed by atoms with E-state index in [1.54, 1.807) is 19.9 Å². The van der Waals surface area contributed by atoms with Crippen LogP contribution in [0.4, 0.5) is 0 Å². The predicted octanol–water partition coefficient (Wildman–Crippen LogP) is 0.158. The Morgan fingerprint density at radius 1 is 1.56 bits per heavy atom. The van der Waals surface area contributed by atoms with E-state index in [1.165, 1.54) is 0 Å². The van der Waals surface area contributed by atoms with Crippen LogP contribution in [0.3, 0.4) is 0 Å². The molecule has 0 aliphatic carbocycles. The smallest absolute Gasteiger partial charge is 0.252 e. The molecule has 1 rings (SSSR count). The first-order valence-corrected chi connectivity index (χ1v) is 5.44. The number of nitrogens with two attached hydrogens (primary N) is 1. The minimum absolute atomic E-state index is 0.178. The minimum atomic E-state index is -0.746. The van der Waals surface area contributed by atoms with Crippen LogP contribution >= 0.6 is 0 Å². The normalized spacial score (nSPS) is 27.7. The summed E-state index contributed by atoms with van der Waals surface area (Å²) in [6.07, 6.45) is 1.48. The predicted molar refractivity (Wildman–Crippen MR) is 60.7 cm³/mol. The zero-order valence-corrected chi connectivity index (χ0v) is 9.86. The monoisotopic (exact) mass is 228 g/mol. The average molecular weight is 228 g/mol. The largest absolute Gasteiger partial charge is 0.353 e. The lowest BCUT2D eigenvalue weighted by molar-refractivity contribution is -0.155. The summed E-state index contributed by atoms with van der Waals surface area (Å²) in [6, 6.07) is 0. The Hall–Kier alpha value is -0.910. The van der Waals surface area contributed by atoms with Gasteiger partial charge in [0.1, 0.15) is 6.10 Å². The van der Waals surface area contributed by atoms with Gasteiger partial charge in [0.05, 0.1) is 0 Å². The molecule has 1 heterocycles. The van der Waals surface area contributed by atoms with Crippen molar-refractivity contribution in [1.82, 2.24) is 5.32 Å². The molecule has 5 nitrogen and oxygen atoms in total. The molecular weight excluding hydrogens is 208 g/mol. The number of amides is 1. The number of hydrogen-bond acceptors (Lipinski definition) is 4. The molecule has 0 aromatic heterocycles. The van der Waals surface area contributed by atoms with E-state index in [0.29, 0.717) is 6.54 Å². The van der Waals surface area contributed by atoms with Gasteiger partial charge >= 0.3 is 0 Å². The first-order valence-electron chi connectivity index (χ1n) is 5.44. The number of rotatable bonds is 5. The highest BCUT2D eigenvalue weighted by Crippen LogP contribution is 2.27. The molecule has 0 aromatic carbocycles. The molecule has 0 saturated carbocycles. The van der Waals surface area contributed by atoms with Crippen LogP contribution in [-0.2, 0) is 14.3 Å². The number of carbonyl (C=O) groups excluding carboxylic acids is 1. The molecule has 2 unspecified atom stereocenters. The van der Waals surface area contributed by atoms with Gasteiger partial charge in [-0.25, -0.2) is 0 Å². The fourth-order valence-electron chi connectivity index (χ4n) is 1.63. The molecular formula is C11H20N2O3. The van der Waals surface area contributed by atoms with Gasteiger partial charge in [-0.2, -0.15) is 0 Å². The van der Waals surface area contributed by atoms with Crippen molar-refractivity contribution in [2.75, 3.05) is 13.1 Å². The van der Waals surface area contributed by atoms with Crippen LogP contribution in [0.15, 0.2) is 12.7 Å². The molecule has 16 heavy (non-hydrogen) atoms. The molecule has 1 aliphatic rings. The molecule has 0 bridgehead atoms. The second kappa shape index (κ2) is 5.43. The van der Waals surface area contributed by atoms with E-state index in [-0.39, 0.29) is 18.6 Å². The Kier molecular flexibility index (Phi) is 4.46. The van der Waals surface area contributed by atoms with Crippen molar-refractivity contribution in [3.63, 3.8) is 0 Å². The summed E-state index contributed by atoms with van der Waals surface area (Å²) >= 11 is 0. The van der Waals surface area contributed by atoms with E-state index in [1.807, 2.05) is 0 Å². The van der Waals surface area contributed by atoms with Crippen LogP contribution in [0.1, 0.15) is 20.3 Å². The van der Waals surface area contributed by atoms with Gasteiger partial charge in [0.15, 0.2) is 11.9 Å². The van der Waals surface area contributed by atoms with Crippen molar-refractivity contribution < 1.29 is 14.3 Å². The van der Waals surface area contributed by atoms with Crippen LogP contribution in [0.25, 0.3) is 0 Å². The van der Waals surface area contributed by atoms with Crippen LogP contribution in [0, 0.1) is 0 Å². The third-order valence-corrected chi connectivity index (χ3v) is 2.32. The van der Waals surface area contributed by atoms with E-state index < -0.39 is 11.9 Å². The third-order valence-electron chi connectivity index (χ3n) is 2.32. The van der Waals surface area contributed by atoms with Gasteiger partial charge in [-0.05, 0) is 20.3 Å². The van der Waals surface area contributed by atoms with Crippen molar-refractivity contribution in [3.05, 3.63) is 12.7 Å². The van der Waals surface area contributed by atoms with E-state index in [2.05, 4.69) is 11.9 Å². The molecule has 0 radical (unpaired) electrons. The lowest BCUT2D eigenvalue weighted by Gasteiger charge is -2.16. The van der Waals surface area contributed by atoms with Gasteiger partial charge < -0.3 is 20.5 Å². The van der Waals surface area contributed by atoms with Crippen molar-refractivity contribution in [2.24, 2.45) is 5.73 Å². The Labute approximate surface area is 96.0 Å². The molecule has 92 valence electrons. The van der Waals surface area contributed by atoms with Gasteiger partial charge in [0.25, 0.3) is 5.91 Å². The van der Waals surface area contributed by atoms with E-state index in [4.69, 9.17) is 15.2 Å². The quantitative estimate of drug-likeness (QED) is 0.519. The molecule has 2 atom stereocenters. The fourth-order valence-corrected chi connectivity index (χ4v) is 1.63. The summed E-state index contributed by atoms with van der Waals surface area (Å²) in [5, 5.41) is 2.76. The Morgan fingerprint density at radius 3 is 2.81 bits per heavy atom. The fraction of sp³-hybridized carbons (Fsp3) is 0.727. The van der Waals surface area contributed by atoms with Crippen LogP contribution in [0.2, 0.25) is 0 Å². The van der Waals surface area contributed by atoms with E-state index in [0.717, 1.165) is 6.42 Å². The van der Waals surface area contributed by atoms with Gasteiger partial charge in [-0.1, -0.05) is 6.08 Å². The summed E-state index contributed by atoms with van der Waals surface area (Å²) in [5.74, 6) is -0.923. The highest BCUT2D eigenvalue weighted by molar-refractivity contribution is 5.81. The summed E-state index contributed by atoms with van der Waals surface area (Å²) in [7, 11) is 0. The Morgan fingerprint density at radius 2 is 2.25 bits per heavy atom. The number of carbonyl (C=O) groups is 1. The summed E-state index contributed by atoms with van der Waals surface area (Å²) in [6.45, 7) is 7.95. The summed E-state index contributed by atoms with van der Waals surface area (Å²) < 4.78 is 11.0. The maximum atomic E-state index is 11.8. The topological polar surface area (TPSA) is 73.6 Å². The highest BCUT2D eigenvalue weighted by atomic mass is 16.8. The second-order valence-electron chi connectivity index (χ2n) is 4.20. The van der Waals surface area contributed by atoms with Crippen molar-refractivity contribution in [2.45, 2.75) is 38.3 Å². The van der Waals surface area contributed by atoms with Crippen LogP contribution in [0.5, 0.6) is 0 Å². The Balaban J connectivity index is 2.51. The molecule has 0 aromatic rings. The lowest BCUT2D eigenvalue weighted by Crippen LogP contribution is -2.43. The Bertz CT molecular complexity index is 266. The average Bonchev–Trinajstić information content (AvgIpc) is 2.54. The van der Waals surface area contributed by atoms with Gasteiger partial charge in [0.2, 0.25) is 0 Å².